The molecule has 0 atom stereocenters. The molecule has 2 fully saturated rings. The Kier molecular flexibility index (Phi) is 5.37. The van der Waals surface area contributed by atoms with Crippen LogP contribution in [-0.4, -0.2) is 48.8 Å². The third-order valence-corrected chi connectivity index (χ3v) is 6.11. The maximum atomic E-state index is 13.3. The molecule has 154 valence electrons. The van der Waals surface area contributed by atoms with Gasteiger partial charge in [-0.05, 0) is 54.8 Å². The molecule has 1 aliphatic carbocycles. The Morgan fingerprint density at radius 2 is 1.76 bits per heavy atom. The minimum absolute atomic E-state index is 0.126. The normalized spacial score (nSPS) is 19.0. The van der Waals surface area contributed by atoms with Crippen molar-refractivity contribution in [2.75, 3.05) is 32.2 Å². The summed E-state index contributed by atoms with van der Waals surface area (Å²) >= 11 is 0. The molecule has 1 N–H and O–H groups in total. The molecule has 0 aromatic heterocycles. The van der Waals surface area contributed by atoms with Gasteiger partial charge in [0.25, 0.3) is 0 Å². The molecule has 0 bridgehead atoms. The number of amides is 1. The first-order valence-corrected chi connectivity index (χ1v) is 10.1. The van der Waals surface area contributed by atoms with Crippen LogP contribution < -0.4 is 14.4 Å². The Morgan fingerprint density at radius 3 is 2.38 bits per heavy atom. The highest BCUT2D eigenvalue weighted by molar-refractivity contribution is 5.97. The molecule has 2 aromatic carbocycles. The summed E-state index contributed by atoms with van der Waals surface area (Å²) in [7, 11) is 3.18. The van der Waals surface area contributed by atoms with Gasteiger partial charge in [0, 0.05) is 18.8 Å². The lowest BCUT2D eigenvalue weighted by Gasteiger charge is -2.49. The average molecular weight is 396 g/mol. The van der Waals surface area contributed by atoms with E-state index in [1.165, 1.54) is 7.11 Å². The van der Waals surface area contributed by atoms with Crippen LogP contribution >= 0.6 is 0 Å². The Balaban J connectivity index is 1.57. The summed E-state index contributed by atoms with van der Waals surface area (Å²) in [6, 6.07) is 13.2. The number of ether oxygens (including phenoxy) is 2. The second-order valence-electron chi connectivity index (χ2n) is 8.01. The van der Waals surface area contributed by atoms with Gasteiger partial charge in [0.05, 0.1) is 26.3 Å². The van der Waals surface area contributed by atoms with Crippen molar-refractivity contribution in [2.45, 2.75) is 37.8 Å². The quantitative estimate of drug-likeness (QED) is 0.837. The highest BCUT2D eigenvalue weighted by Crippen LogP contribution is 2.42. The van der Waals surface area contributed by atoms with Gasteiger partial charge in [-0.2, -0.15) is 0 Å². The summed E-state index contributed by atoms with van der Waals surface area (Å²) in [5.41, 5.74) is 1.75. The van der Waals surface area contributed by atoms with Crippen molar-refractivity contribution in [3.63, 3.8) is 0 Å². The minimum atomic E-state index is -0.168. The van der Waals surface area contributed by atoms with E-state index in [1.54, 1.807) is 19.2 Å². The number of piperazine rings is 1. The number of methoxy groups -OCH3 is 2. The number of aromatic hydroxyl groups is 1. The second kappa shape index (κ2) is 7.95. The monoisotopic (exact) mass is 396 g/mol. The van der Waals surface area contributed by atoms with Crippen LogP contribution in [0.2, 0.25) is 0 Å². The number of carbonyl (C=O) groups is 1. The van der Waals surface area contributed by atoms with Crippen LogP contribution in [0.4, 0.5) is 5.69 Å². The zero-order chi connectivity index (χ0) is 20.4. The molecule has 4 rings (SSSR count). The molecule has 0 unspecified atom stereocenters. The lowest BCUT2D eigenvalue weighted by molar-refractivity contribution is -0.124. The van der Waals surface area contributed by atoms with Gasteiger partial charge in [-0.15, -0.1) is 0 Å². The Morgan fingerprint density at radius 1 is 1.03 bits per heavy atom. The zero-order valence-electron chi connectivity index (χ0n) is 17.1. The van der Waals surface area contributed by atoms with Gasteiger partial charge in [0.2, 0.25) is 5.91 Å². The molecule has 1 saturated heterocycles. The van der Waals surface area contributed by atoms with Crippen LogP contribution in [0.25, 0.3) is 0 Å². The van der Waals surface area contributed by atoms with E-state index >= 15 is 0 Å². The molecular formula is C23H28N2O4. The maximum absolute atomic E-state index is 13.3. The molecule has 6 heteroatoms. The first-order valence-electron chi connectivity index (χ1n) is 10.1. The maximum Gasteiger partial charge on any atom is 0.241 e. The molecule has 0 radical (unpaired) electrons. The van der Waals surface area contributed by atoms with Gasteiger partial charge >= 0.3 is 0 Å². The van der Waals surface area contributed by atoms with E-state index < -0.39 is 0 Å². The third-order valence-electron chi connectivity index (χ3n) is 6.11. The van der Waals surface area contributed by atoms with Crippen molar-refractivity contribution in [1.82, 2.24) is 4.90 Å². The molecule has 2 aromatic rings. The van der Waals surface area contributed by atoms with E-state index in [4.69, 9.17) is 9.47 Å². The standard InChI is InChI=1S/C23H28N2O4/c1-28-19-8-6-18(7-9-19)25-22(27)15-24(16-23(25)11-3-4-12-23)14-17-5-10-21(29-2)20(26)13-17/h5-10,13,26H,3-4,11-12,14-16H2,1-2H3. The van der Waals surface area contributed by atoms with E-state index in [0.717, 1.165) is 49.2 Å². The fraction of sp³-hybridized carbons (Fsp3) is 0.435. The van der Waals surface area contributed by atoms with E-state index in [2.05, 4.69) is 4.90 Å². The van der Waals surface area contributed by atoms with Crippen LogP contribution in [0.1, 0.15) is 31.2 Å². The largest absolute Gasteiger partial charge is 0.504 e. The smallest absolute Gasteiger partial charge is 0.241 e. The van der Waals surface area contributed by atoms with Gasteiger partial charge < -0.3 is 19.5 Å². The number of phenolic OH excluding ortho intramolecular Hbond substituents is 1. The number of carbonyl (C=O) groups excluding carboxylic acids is 1. The SMILES string of the molecule is COc1ccc(N2C(=O)CN(Cc3ccc(OC)c(O)c3)CC23CCCC3)cc1. The Labute approximate surface area is 171 Å². The number of hydrogen-bond acceptors (Lipinski definition) is 5. The van der Waals surface area contributed by atoms with E-state index in [9.17, 15) is 9.90 Å². The van der Waals surface area contributed by atoms with Gasteiger partial charge in [0.15, 0.2) is 11.5 Å². The van der Waals surface area contributed by atoms with Crippen LogP contribution in [0.5, 0.6) is 17.2 Å². The van der Waals surface area contributed by atoms with Gasteiger partial charge in [-0.3, -0.25) is 9.69 Å². The van der Waals surface area contributed by atoms with Crippen molar-refractivity contribution in [3.05, 3.63) is 48.0 Å². The van der Waals surface area contributed by atoms with E-state index in [-0.39, 0.29) is 17.2 Å². The summed E-state index contributed by atoms with van der Waals surface area (Å²) < 4.78 is 10.4. The number of hydrogen-bond donors (Lipinski definition) is 1. The van der Waals surface area contributed by atoms with Crippen molar-refractivity contribution >= 4 is 11.6 Å². The summed E-state index contributed by atoms with van der Waals surface area (Å²) in [6.45, 7) is 1.82. The Hall–Kier alpha value is -2.73. The van der Waals surface area contributed by atoms with Crippen molar-refractivity contribution in [2.24, 2.45) is 0 Å². The molecule has 1 amide bonds. The molecule has 1 spiro atoms. The minimum Gasteiger partial charge on any atom is -0.504 e. The highest BCUT2D eigenvalue weighted by Gasteiger charge is 2.47. The summed E-state index contributed by atoms with van der Waals surface area (Å²) in [6.07, 6.45) is 4.29. The molecule has 29 heavy (non-hydrogen) atoms. The first kappa shape index (κ1) is 19.6. The zero-order valence-corrected chi connectivity index (χ0v) is 17.1. The summed E-state index contributed by atoms with van der Waals surface area (Å²) in [4.78, 5) is 17.5. The number of rotatable bonds is 5. The molecule has 2 aliphatic rings. The molecule has 6 nitrogen and oxygen atoms in total. The summed E-state index contributed by atoms with van der Waals surface area (Å²) in [5, 5.41) is 10.1. The molecule has 1 aliphatic heterocycles. The first-order chi connectivity index (χ1) is 14.0. The molecule has 1 saturated carbocycles. The van der Waals surface area contributed by atoms with Crippen LogP contribution in [0.15, 0.2) is 42.5 Å². The predicted octanol–water partition coefficient (Wildman–Crippen LogP) is 3.57. The van der Waals surface area contributed by atoms with Gasteiger partial charge in [-0.1, -0.05) is 18.9 Å². The number of benzene rings is 2. The lowest BCUT2D eigenvalue weighted by Crippen LogP contribution is -2.63. The predicted molar refractivity (Wildman–Crippen MR) is 112 cm³/mol. The lowest BCUT2D eigenvalue weighted by atomic mass is 9.90. The van der Waals surface area contributed by atoms with Gasteiger partial charge in [0.1, 0.15) is 5.75 Å². The van der Waals surface area contributed by atoms with Crippen molar-refractivity contribution in [3.8, 4) is 17.2 Å². The Bertz CT molecular complexity index is 875. The fourth-order valence-electron chi connectivity index (χ4n) is 4.84. The topological polar surface area (TPSA) is 62.2 Å². The van der Waals surface area contributed by atoms with Crippen LogP contribution in [0, 0.1) is 0 Å². The van der Waals surface area contributed by atoms with Crippen LogP contribution in [0.3, 0.4) is 0 Å². The number of anilines is 1. The van der Waals surface area contributed by atoms with E-state index in [1.807, 2.05) is 35.2 Å². The van der Waals surface area contributed by atoms with Gasteiger partial charge in [-0.25, -0.2) is 0 Å². The van der Waals surface area contributed by atoms with E-state index in [0.29, 0.717) is 18.8 Å². The summed E-state index contributed by atoms with van der Waals surface area (Å²) in [5.74, 6) is 1.51. The molecule has 1 heterocycles. The fourth-order valence-corrected chi connectivity index (χ4v) is 4.84. The van der Waals surface area contributed by atoms with Crippen molar-refractivity contribution < 1.29 is 19.4 Å². The second-order valence-corrected chi connectivity index (χ2v) is 8.01. The number of nitrogens with zero attached hydrogens (tertiary/aromatic N) is 2. The van der Waals surface area contributed by atoms with Crippen molar-refractivity contribution in [1.29, 1.82) is 0 Å². The molecular weight excluding hydrogens is 368 g/mol. The third kappa shape index (κ3) is 3.77. The number of phenols is 1. The average Bonchev–Trinajstić information content (AvgIpc) is 3.16. The van der Waals surface area contributed by atoms with Crippen LogP contribution in [-0.2, 0) is 11.3 Å². The highest BCUT2D eigenvalue weighted by atomic mass is 16.5.